The highest BCUT2D eigenvalue weighted by Crippen LogP contribution is 2.42. The molecule has 0 heterocycles. The molecule has 2 aromatic carbocycles. The molecule has 0 unspecified atom stereocenters. The lowest BCUT2D eigenvalue weighted by atomic mass is 9.95. The molecule has 0 saturated heterocycles. The Bertz CT molecular complexity index is 784. The topological polar surface area (TPSA) is 29.5 Å². The number of rotatable bonds is 4. The van der Waals surface area contributed by atoms with E-state index < -0.39 is 0 Å². The molecule has 22 heavy (non-hydrogen) atoms. The monoisotopic (exact) mass is 290 g/mol. The predicted molar refractivity (Wildman–Crippen MR) is 88.4 cm³/mol. The Morgan fingerprint density at radius 3 is 2.68 bits per heavy atom. The Morgan fingerprint density at radius 1 is 0.955 bits per heavy atom. The normalized spacial score (nSPS) is 15.1. The summed E-state index contributed by atoms with van der Waals surface area (Å²) >= 11 is 0. The van der Waals surface area contributed by atoms with Gasteiger partial charge in [-0.1, -0.05) is 48.5 Å². The first-order valence-electron chi connectivity index (χ1n) is 7.72. The first-order valence-corrected chi connectivity index (χ1v) is 7.72. The van der Waals surface area contributed by atoms with Crippen LogP contribution in [-0.2, 0) is 11.2 Å². The summed E-state index contributed by atoms with van der Waals surface area (Å²) in [7, 11) is 0. The van der Waals surface area contributed by atoms with E-state index in [1.54, 1.807) is 0 Å². The summed E-state index contributed by atoms with van der Waals surface area (Å²) in [5, 5.41) is 8.98. The minimum absolute atomic E-state index is 0.0446. The largest absolute Gasteiger partial charge is 0.491 e. The second-order valence-corrected chi connectivity index (χ2v) is 5.69. The van der Waals surface area contributed by atoms with E-state index >= 15 is 0 Å². The van der Waals surface area contributed by atoms with Crippen LogP contribution in [0, 0.1) is 0 Å². The highest BCUT2D eigenvalue weighted by molar-refractivity contribution is 5.85. The molecule has 2 aromatic rings. The van der Waals surface area contributed by atoms with Gasteiger partial charge in [0.1, 0.15) is 12.4 Å². The number of ether oxygens (including phenoxy) is 1. The quantitative estimate of drug-likeness (QED) is 0.788. The lowest BCUT2D eigenvalue weighted by molar-refractivity contribution is 0.153. The van der Waals surface area contributed by atoms with Crippen LogP contribution in [0.5, 0.6) is 0 Å². The molecule has 0 aliphatic heterocycles. The van der Waals surface area contributed by atoms with Gasteiger partial charge in [0.15, 0.2) is 0 Å². The van der Waals surface area contributed by atoms with Crippen LogP contribution < -0.4 is 0 Å². The zero-order valence-electron chi connectivity index (χ0n) is 12.4. The van der Waals surface area contributed by atoms with E-state index in [9.17, 15) is 0 Å². The van der Waals surface area contributed by atoms with Crippen molar-refractivity contribution in [3.05, 3.63) is 77.1 Å². The maximum Gasteiger partial charge on any atom is 0.123 e. The first kappa shape index (κ1) is 13.4. The highest BCUT2D eigenvalue weighted by Gasteiger charge is 2.23. The van der Waals surface area contributed by atoms with Gasteiger partial charge in [-0.3, -0.25) is 0 Å². The minimum Gasteiger partial charge on any atom is -0.491 e. The molecule has 0 aromatic heterocycles. The van der Waals surface area contributed by atoms with Crippen molar-refractivity contribution in [3.8, 4) is 11.1 Å². The van der Waals surface area contributed by atoms with E-state index in [-0.39, 0.29) is 6.61 Å². The number of hydrogen-bond acceptors (Lipinski definition) is 2. The third kappa shape index (κ3) is 2.08. The molecule has 1 N–H and O–H groups in total. The van der Waals surface area contributed by atoms with Crippen molar-refractivity contribution in [2.45, 2.75) is 12.8 Å². The zero-order valence-corrected chi connectivity index (χ0v) is 12.4. The van der Waals surface area contributed by atoms with Crippen LogP contribution >= 0.6 is 0 Å². The van der Waals surface area contributed by atoms with Crippen molar-refractivity contribution in [3.63, 3.8) is 0 Å². The fourth-order valence-electron chi connectivity index (χ4n) is 3.46. The fraction of sp³-hybridized carbons (Fsp3) is 0.200. The predicted octanol–water partition coefficient (Wildman–Crippen LogP) is 3.94. The number of allylic oxidation sites excluding steroid dienone is 3. The van der Waals surface area contributed by atoms with Crippen LogP contribution in [0.15, 0.2) is 60.4 Å². The van der Waals surface area contributed by atoms with Crippen molar-refractivity contribution in [2.75, 3.05) is 13.2 Å². The van der Waals surface area contributed by atoms with E-state index in [2.05, 4.69) is 48.5 Å². The van der Waals surface area contributed by atoms with E-state index in [0.717, 1.165) is 18.6 Å². The average Bonchev–Trinajstić information content (AvgIpc) is 3.16. The summed E-state index contributed by atoms with van der Waals surface area (Å²) in [4.78, 5) is 0. The van der Waals surface area contributed by atoms with Crippen LogP contribution in [0.25, 0.3) is 16.7 Å². The molecule has 0 saturated carbocycles. The van der Waals surface area contributed by atoms with Gasteiger partial charge < -0.3 is 9.84 Å². The Hall–Kier alpha value is -2.32. The van der Waals surface area contributed by atoms with Gasteiger partial charge >= 0.3 is 0 Å². The van der Waals surface area contributed by atoms with Crippen molar-refractivity contribution in [2.24, 2.45) is 0 Å². The van der Waals surface area contributed by atoms with Crippen molar-refractivity contribution in [1.82, 2.24) is 0 Å². The number of fused-ring (bicyclic) bond motifs is 3. The lowest BCUT2D eigenvalue weighted by Crippen LogP contribution is -2.00. The highest BCUT2D eigenvalue weighted by atomic mass is 16.5. The minimum atomic E-state index is 0.0446. The van der Waals surface area contributed by atoms with Crippen LogP contribution in [-0.4, -0.2) is 18.3 Å². The van der Waals surface area contributed by atoms with Gasteiger partial charge in [-0.15, -0.1) is 0 Å². The molecule has 2 aliphatic rings. The van der Waals surface area contributed by atoms with Crippen LogP contribution in [0.3, 0.4) is 0 Å². The van der Waals surface area contributed by atoms with E-state index in [1.807, 2.05) is 6.08 Å². The molecule has 0 fully saturated rings. The summed E-state index contributed by atoms with van der Waals surface area (Å²) in [6, 6.07) is 15.2. The SMILES string of the molecule is OCCOC1=C(c2cccc3c2Cc2ccccc2-3)CC=C1. The maximum atomic E-state index is 8.98. The lowest BCUT2D eigenvalue weighted by Gasteiger charge is -2.13. The Kier molecular flexibility index (Phi) is 3.32. The van der Waals surface area contributed by atoms with Crippen molar-refractivity contribution < 1.29 is 9.84 Å². The van der Waals surface area contributed by atoms with Gasteiger partial charge in [-0.05, 0) is 46.7 Å². The van der Waals surface area contributed by atoms with Crippen LogP contribution in [0.2, 0.25) is 0 Å². The molecule has 0 amide bonds. The summed E-state index contributed by atoms with van der Waals surface area (Å²) < 4.78 is 5.70. The molecule has 0 spiro atoms. The molecule has 4 rings (SSSR count). The smallest absolute Gasteiger partial charge is 0.123 e. The third-order valence-electron chi connectivity index (χ3n) is 4.41. The number of benzene rings is 2. The van der Waals surface area contributed by atoms with E-state index in [1.165, 1.54) is 33.4 Å². The molecule has 0 bridgehead atoms. The van der Waals surface area contributed by atoms with Gasteiger partial charge in [-0.2, -0.15) is 0 Å². The third-order valence-corrected chi connectivity index (χ3v) is 4.41. The van der Waals surface area contributed by atoms with Gasteiger partial charge in [0.2, 0.25) is 0 Å². The van der Waals surface area contributed by atoms with Gasteiger partial charge in [0.05, 0.1) is 6.61 Å². The van der Waals surface area contributed by atoms with Crippen molar-refractivity contribution in [1.29, 1.82) is 0 Å². The van der Waals surface area contributed by atoms with Crippen LogP contribution in [0.4, 0.5) is 0 Å². The molecule has 0 atom stereocenters. The van der Waals surface area contributed by atoms with E-state index in [0.29, 0.717) is 6.61 Å². The molecule has 2 heteroatoms. The maximum absolute atomic E-state index is 8.98. The molecule has 2 nitrogen and oxygen atoms in total. The van der Waals surface area contributed by atoms with Gasteiger partial charge in [0, 0.05) is 5.57 Å². The van der Waals surface area contributed by atoms with E-state index in [4.69, 9.17) is 9.84 Å². The summed E-state index contributed by atoms with van der Waals surface area (Å²) in [5.74, 6) is 0.901. The molecule has 2 aliphatic carbocycles. The molecular formula is C20H18O2. The summed E-state index contributed by atoms with van der Waals surface area (Å²) in [5.41, 5.74) is 8.00. The first-order chi connectivity index (χ1) is 10.9. The number of hydrogen-bond donors (Lipinski definition) is 1. The number of aliphatic hydroxyl groups excluding tert-OH is 1. The molecular weight excluding hydrogens is 272 g/mol. The summed E-state index contributed by atoms with van der Waals surface area (Å²) in [6.45, 7) is 0.390. The molecule has 0 radical (unpaired) electrons. The van der Waals surface area contributed by atoms with Crippen LogP contribution in [0.1, 0.15) is 23.1 Å². The zero-order chi connectivity index (χ0) is 14.9. The van der Waals surface area contributed by atoms with Gasteiger partial charge in [-0.25, -0.2) is 0 Å². The second kappa shape index (κ2) is 5.47. The Labute approximate surface area is 130 Å². The second-order valence-electron chi connectivity index (χ2n) is 5.69. The van der Waals surface area contributed by atoms with Crippen molar-refractivity contribution >= 4 is 5.57 Å². The number of aliphatic hydroxyl groups is 1. The Balaban J connectivity index is 1.80. The summed E-state index contributed by atoms with van der Waals surface area (Å²) in [6.07, 6.45) is 6.03. The Morgan fingerprint density at radius 2 is 1.77 bits per heavy atom. The molecule has 110 valence electrons. The van der Waals surface area contributed by atoms with Gasteiger partial charge in [0.25, 0.3) is 0 Å². The standard InChI is InChI=1S/C20H18O2/c21-11-12-22-20-10-4-9-18(20)17-8-3-7-16-15-6-2-1-5-14(15)13-19(16)17/h1-8,10,21H,9,11-13H2. The fourth-order valence-corrected chi connectivity index (χ4v) is 3.46. The average molecular weight is 290 g/mol.